The molecule has 2 unspecified atom stereocenters. The molecule has 0 radical (unpaired) electrons. The van der Waals surface area contributed by atoms with Crippen molar-refractivity contribution in [3.8, 4) is 0 Å². The lowest BCUT2D eigenvalue weighted by atomic mass is 9.94. The number of hydrogen-bond acceptors (Lipinski definition) is 11. The minimum atomic E-state index is -0.477. The van der Waals surface area contributed by atoms with E-state index in [9.17, 15) is 24.3 Å². The summed E-state index contributed by atoms with van der Waals surface area (Å²) in [5, 5.41) is 9.19. The number of β-amino-alcohol motifs (C(OH)–C–C–N with tert-alkyl or cyclic N) is 1. The smallest absolute Gasteiger partial charge is 0.308 e. The summed E-state index contributed by atoms with van der Waals surface area (Å²) in [6.45, 7) is 11.8. The van der Waals surface area contributed by atoms with Gasteiger partial charge in [-0.15, -0.1) is 0 Å². The van der Waals surface area contributed by atoms with Crippen LogP contribution in [0.4, 0.5) is 0 Å². The van der Waals surface area contributed by atoms with Gasteiger partial charge in [-0.1, -0.05) is 124 Å². The van der Waals surface area contributed by atoms with Gasteiger partial charge in [0.1, 0.15) is 19.8 Å². The van der Waals surface area contributed by atoms with E-state index >= 15 is 0 Å². The Hall–Kier alpha value is -2.24. The fourth-order valence-corrected chi connectivity index (χ4v) is 6.88. The minimum Gasteiger partial charge on any atom is -0.466 e. The highest BCUT2D eigenvalue weighted by Gasteiger charge is 2.24. The van der Waals surface area contributed by atoms with Crippen molar-refractivity contribution >= 4 is 23.9 Å². The second-order valence-corrected chi connectivity index (χ2v) is 15.7. The molecule has 55 heavy (non-hydrogen) atoms. The van der Waals surface area contributed by atoms with Crippen LogP contribution >= 0.6 is 0 Å². The summed E-state index contributed by atoms with van der Waals surface area (Å²) in [6.07, 6.45) is 22.9. The molecule has 0 aromatic rings. The predicted octanol–water partition coefficient (Wildman–Crippen LogP) is 8.42. The molecule has 11 nitrogen and oxygen atoms in total. The number of piperazine rings is 1. The molecule has 1 rings (SSSR count). The van der Waals surface area contributed by atoms with Crippen LogP contribution in [0.25, 0.3) is 0 Å². The van der Waals surface area contributed by atoms with Gasteiger partial charge in [0.05, 0.1) is 31.5 Å². The van der Waals surface area contributed by atoms with E-state index < -0.39 is 11.9 Å². The highest BCUT2D eigenvalue weighted by molar-refractivity contribution is 5.72. The molecule has 1 N–H and O–H groups in total. The van der Waals surface area contributed by atoms with Crippen molar-refractivity contribution in [2.75, 3.05) is 72.3 Å². The highest BCUT2D eigenvalue weighted by atomic mass is 16.6. The Bertz CT molecular complexity index is 958. The fourth-order valence-electron chi connectivity index (χ4n) is 6.88. The van der Waals surface area contributed by atoms with Gasteiger partial charge in [-0.2, -0.15) is 0 Å². The fraction of sp³-hybridized carbons (Fsp3) is 0.909. The molecular weight excluding hydrogens is 700 g/mol. The van der Waals surface area contributed by atoms with Crippen LogP contribution in [-0.4, -0.2) is 111 Å². The zero-order valence-electron chi connectivity index (χ0n) is 35.5. The summed E-state index contributed by atoms with van der Waals surface area (Å²) < 4.78 is 22.4. The summed E-state index contributed by atoms with van der Waals surface area (Å²) >= 11 is 0. The molecule has 1 aliphatic rings. The Balaban J connectivity index is 2.58. The molecule has 322 valence electrons. The van der Waals surface area contributed by atoms with Gasteiger partial charge in [0.15, 0.2) is 0 Å². The Morgan fingerprint density at radius 3 is 1.44 bits per heavy atom. The van der Waals surface area contributed by atoms with Gasteiger partial charge < -0.3 is 29.0 Å². The van der Waals surface area contributed by atoms with E-state index in [1.54, 1.807) is 0 Å². The maximum absolute atomic E-state index is 13.4. The summed E-state index contributed by atoms with van der Waals surface area (Å²) in [5.41, 5.74) is 0. The highest BCUT2D eigenvalue weighted by Crippen LogP contribution is 2.21. The van der Waals surface area contributed by atoms with Crippen molar-refractivity contribution in [2.24, 2.45) is 11.8 Å². The average molecular weight is 783 g/mol. The largest absolute Gasteiger partial charge is 0.466 e. The molecule has 1 heterocycles. The van der Waals surface area contributed by atoms with Gasteiger partial charge in [0.25, 0.3) is 0 Å². The Labute approximate surface area is 335 Å². The van der Waals surface area contributed by atoms with Gasteiger partial charge in [0.2, 0.25) is 0 Å². The van der Waals surface area contributed by atoms with Crippen molar-refractivity contribution in [2.45, 2.75) is 175 Å². The van der Waals surface area contributed by atoms with Crippen LogP contribution in [0.1, 0.15) is 175 Å². The number of hydrogen-bond donors (Lipinski definition) is 1. The molecular formula is C44H82N2O9. The van der Waals surface area contributed by atoms with Crippen LogP contribution in [0.2, 0.25) is 0 Å². The second kappa shape index (κ2) is 36.1. The molecule has 1 aliphatic heterocycles. The van der Waals surface area contributed by atoms with Gasteiger partial charge in [-0.05, 0) is 32.1 Å². The van der Waals surface area contributed by atoms with Crippen molar-refractivity contribution in [3.63, 3.8) is 0 Å². The lowest BCUT2D eigenvalue weighted by molar-refractivity contribution is -0.156. The molecule has 11 heteroatoms. The third kappa shape index (κ3) is 29.6. The van der Waals surface area contributed by atoms with Gasteiger partial charge in [-0.25, -0.2) is 0 Å². The van der Waals surface area contributed by atoms with Crippen LogP contribution in [0, 0.1) is 11.8 Å². The normalized spacial score (nSPS) is 14.7. The Morgan fingerprint density at radius 1 is 0.491 bits per heavy atom. The quantitative estimate of drug-likeness (QED) is 0.0370. The number of ether oxygens (including phenoxy) is 4. The summed E-state index contributed by atoms with van der Waals surface area (Å²) in [5.74, 6) is -1.81. The summed E-state index contributed by atoms with van der Waals surface area (Å²) in [7, 11) is 0. The second-order valence-electron chi connectivity index (χ2n) is 15.7. The number of aliphatic hydroxyl groups is 1. The molecule has 0 aliphatic carbocycles. The molecule has 1 saturated heterocycles. The first kappa shape index (κ1) is 50.8. The van der Waals surface area contributed by atoms with Crippen LogP contribution in [0.15, 0.2) is 0 Å². The minimum absolute atomic E-state index is 0.00710. The van der Waals surface area contributed by atoms with Gasteiger partial charge in [-0.3, -0.25) is 24.1 Å². The number of rotatable bonds is 37. The predicted molar refractivity (Wildman–Crippen MR) is 219 cm³/mol. The van der Waals surface area contributed by atoms with Crippen molar-refractivity contribution in [3.05, 3.63) is 0 Å². The number of nitrogens with zero attached hydrogens (tertiary/aromatic N) is 2. The Kier molecular flexibility index (Phi) is 33.4. The van der Waals surface area contributed by atoms with E-state index in [4.69, 9.17) is 18.9 Å². The maximum atomic E-state index is 13.4. The number of carbonyl (C=O) groups excluding carboxylic acids is 4. The third-order valence-electron chi connectivity index (χ3n) is 10.6. The summed E-state index contributed by atoms with van der Waals surface area (Å²) in [4.78, 5) is 55.3. The van der Waals surface area contributed by atoms with E-state index in [1.165, 1.54) is 57.8 Å². The van der Waals surface area contributed by atoms with E-state index in [0.29, 0.717) is 32.5 Å². The van der Waals surface area contributed by atoms with Crippen LogP contribution in [0.3, 0.4) is 0 Å². The zero-order valence-corrected chi connectivity index (χ0v) is 35.5. The molecule has 0 amide bonds. The van der Waals surface area contributed by atoms with E-state index in [0.717, 1.165) is 90.4 Å². The molecule has 0 saturated carbocycles. The van der Waals surface area contributed by atoms with E-state index in [2.05, 4.69) is 30.6 Å². The number of carbonyl (C=O) groups is 4. The van der Waals surface area contributed by atoms with Crippen molar-refractivity contribution in [1.29, 1.82) is 0 Å². The zero-order chi connectivity index (χ0) is 40.2. The SMILES string of the molecule is CCCCCCCCCOC(=O)CCCCC(=O)OCC(COC(=O)CCN1CCN(CCO)CC1)COC(=O)C(CCCCCC)CCCCCCCC. The van der Waals surface area contributed by atoms with Crippen LogP contribution in [0.5, 0.6) is 0 Å². The molecule has 0 spiro atoms. The first-order chi connectivity index (χ1) is 26.8. The average Bonchev–Trinajstić information content (AvgIpc) is 3.19. The first-order valence-corrected chi connectivity index (χ1v) is 22.5. The van der Waals surface area contributed by atoms with Crippen LogP contribution in [-0.2, 0) is 38.1 Å². The maximum Gasteiger partial charge on any atom is 0.308 e. The van der Waals surface area contributed by atoms with E-state index in [1.807, 2.05) is 0 Å². The summed E-state index contributed by atoms with van der Waals surface area (Å²) in [6, 6.07) is 0. The molecule has 0 aromatic carbocycles. The third-order valence-corrected chi connectivity index (χ3v) is 10.6. The van der Waals surface area contributed by atoms with Crippen molar-refractivity contribution < 1.29 is 43.2 Å². The van der Waals surface area contributed by atoms with Gasteiger partial charge >= 0.3 is 23.9 Å². The van der Waals surface area contributed by atoms with Crippen molar-refractivity contribution in [1.82, 2.24) is 9.80 Å². The molecule has 0 bridgehead atoms. The topological polar surface area (TPSA) is 132 Å². The number of unbranched alkanes of at least 4 members (excludes halogenated alkanes) is 15. The van der Waals surface area contributed by atoms with E-state index in [-0.39, 0.29) is 69.5 Å². The monoisotopic (exact) mass is 783 g/mol. The molecule has 2 atom stereocenters. The lowest BCUT2D eigenvalue weighted by Gasteiger charge is -2.34. The van der Waals surface area contributed by atoms with Gasteiger partial charge in [0, 0.05) is 52.1 Å². The number of esters is 4. The first-order valence-electron chi connectivity index (χ1n) is 22.5. The molecule has 1 fully saturated rings. The standard InChI is InChI=1S/C44H82N2O9/c1-4-7-10-13-15-17-22-35-52-41(48)25-20-21-26-42(49)53-36-39(37-54-43(50)27-28-45-29-31-46(32-30-45)33-34-47)38-55-44(51)40(23-18-12-9-6-3)24-19-16-14-11-8-5-2/h39-40,47H,4-38H2,1-3H3. The molecule has 0 aromatic heterocycles. The lowest BCUT2D eigenvalue weighted by Crippen LogP contribution is -2.47. The van der Waals surface area contributed by atoms with Crippen LogP contribution < -0.4 is 0 Å². The number of aliphatic hydroxyl groups excluding tert-OH is 1. The Morgan fingerprint density at radius 2 is 0.909 bits per heavy atom.